The Morgan fingerprint density at radius 3 is 2.80 bits per heavy atom. The van der Waals surface area contributed by atoms with Crippen LogP contribution >= 0.6 is 0 Å². The number of ether oxygens (including phenoxy) is 1. The number of rotatable bonds is 3. The molecule has 0 aliphatic heterocycles. The van der Waals surface area contributed by atoms with Gasteiger partial charge in [-0.15, -0.1) is 0 Å². The first-order valence-electron chi connectivity index (χ1n) is 4.80. The van der Waals surface area contributed by atoms with Gasteiger partial charge in [0.2, 0.25) is 0 Å². The van der Waals surface area contributed by atoms with Gasteiger partial charge in [0.15, 0.2) is 11.5 Å². The van der Waals surface area contributed by atoms with Crippen LogP contribution in [0.25, 0.3) is 0 Å². The molecule has 0 unspecified atom stereocenters. The summed E-state index contributed by atoms with van der Waals surface area (Å²) in [6.45, 7) is 0. The highest BCUT2D eigenvalue weighted by molar-refractivity contribution is 5.85. The summed E-state index contributed by atoms with van der Waals surface area (Å²) in [4.78, 5) is 18.8. The predicted octanol–water partition coefficient (Wildman–Crippen LogP) is 1.20. The Hall–Kier alpha value is -1.49. The van der Waals surface area contributed by atoms with Crippen molar-refractivity contribution in [2.75, 3.05) is 7.11 Å². The SMILES string of the molecule is COC1(c2nccc(C(=O)O)n2)CCC1. The molecule has 0 amide bonds. The van der Waals surface area contributed by atoms with E-state index in [2.05, 4.69) is 9.97 Å². The third-order valence-electron chi connectivity index (χ3n) is 2.83. The zero-order valence-electron chi connectivity index (χ0n) is 8.43. The maximum absolute atomic E-state index is 10.7. The Balaban J connectivity index is 2.35. The van der Waals surface area contributed by atoms with Gasteiger partial charge in [-0.25, -0.2) is 14.8 Å². The molecule has 1 aliphatic carbocycles. The Labute approximate surface area is 87.1 Å². The monoisotopic (exact) mass is 208 g/mol. The molecule has 1 aromatic rings. The number of methoxy groups -OCH3 is 1. The number of carboxylic acids is 1. The van der Waals surface area contributed by atoms with Gasteiger partial charge in [0, 0.05) is 13.3 Å². The second-order valence-electron chi connectivity index (χ2n) is 3.62. The fourth-order valence-corrected chi connectivity index (χ4v) is 1.71. The summed E-state index contributed by atoms with van der Waals surface area (Å²) in [5, 5.41) is 8.81. The van der Waals surface area contributed by atoms with Gasteiger partial charge in [0.1, 0.15) is 5.60 Å². The molecule has 1 aromatic heterocycles. The minimum atomic E-state index is -1.04. The number of aromatic nitrogens is 2. The van der Waals surface area contributed by atoms with Crippen LogP contribution in [0.2, 0.25) is 0 Å². The standard InChI is InChI=1S/C10H12N2O3/c1-15-10(4-2-5-10)9-11-6-3-7(12-9)8(13)14/h3,6H,2,4-5H2,1H3,(H,13,14). The molecule has 5 heteroatoms. The Kier molecular flexibility index (Phi) is 2.40. The van der Waals surface area contributed by atoms with E-state index in [-0.39, 0.29) is 5.69 Å². The van der Waals surface area contributed by atoms with Gasteiger partial charge in [0.05, 0.1) is 0 Å². The zero-order valence-corrected chi connectivity index (χ0v) is 8.43. The van der Waals surface area contributed by atoms with Crippen molar-refractivity contribution in [3.63, 3.8) is 0 Å². The van der Waals surface area contributed by atoms with Crippen LogP contribution in [0.3, 0.4) is 0 Å². The number of hydrogen-bond donors (Lipinski definition) is 1. The normalized spacial score (nSPS) is 18.2. The van der Waals surface area contributed by atoms with E-state index in [1.165, 1.54) is 12.3 Å². The smallest absolute Gasteiger partial charge is 0.354 e. The lowest BCUT2D eigenvalue weighted by atomic mass is 9.79. The lowest BCUT2D eigenvalue weighted by Crippen LogP contribution is -2.38. The van der Waals surface area contributed by atoms with E-state index >= 15 is 0 Å². The van der Waals surface area contributed by atoms with E-state index in [0.29, 0.717) is 5.82 Å². The van der Waals surface area contributed by atoms with Gasteiger partial charge in [-0.3, -0.25) is 0 Å². The molecular weight excluding hydrogens is 196 g/mol. The maximum atomic E-state index is 10.7. The van der Waals surface area contributed by atoms with Crippen molar-refractivity contribution < 1.29 is 14.6 Å². The number of hydrogen-bond acceptors (Lipinski definition) is 4. The molecule has 0 spiro atoms. The molecule has 0 aromatic carbocycles. The third-order valence-corrected chi connectivity index (χ3v) is 2.83. The van der Waals surface area contributed by atoms with E-state index in [0.717, 1.165) is 19.3 Å². The summed E-state index contributed by atoms with van der Waals surface area (Å²) in [6.07, 6.45) is 4.23. The number of carboxylic acid groups (broad SMARTS) is 1. The Morgan fingerprint density at radius 2 is 2.33 bits per heavy atom. The summed E-state index contributed by atoms with van der Waals surface area (Å²) in [5.74, 6) is -0.555. The Bertz CT molecular complexity index is 382. The van der Waals surface area contributed by atoms with Crippen LogP contribution in [0.15, 0.2) is 12.3 Å². The van der Waals surface area contributed by atoms with E-state index in [9.17, 15) is 4.79 Å². The fraction of sp³-hybridized carbons (Fsp3) is 0.500. The van der Waals surface area contributed by atoms with Crippen LogP contribution in [0, 0.1) is 0 Å². The molecule has 15 heavy (non-hydrogen) atoms. The lowest BCUT2D eigenvalue weighted by Gasteiger charge is -2.38. The van der Waals surface area contributed by atoms with Gasteiger partial charge in [-0.1, -0.05) is 0 Å². The molecule has 0 radical (unpaired) electrons. The summed E-state index contributed by atoms with van der Waals surface area (Å²) in [5.41, 5.74) is -0.436. The topological polar surface area (TPSA) is 72.3 Å². The van der Waals surface area contributed by atoms with Gasteiger partial charge in [-0.2, -0.15) is 0 Å². The second kappa shape index (κ2) is 3.58. The molecule has 80 valence electrons. The van der Waals surface area contributed by atoms with Crippen molar-refractivity contribution >= 4 is 5.97 Å². The van der Waals surface area contributed by atoms with E-state index in [1.54, 1.807) is 7.11 Å². The third kappa shape index (κ3) is 1.59. The van der Waals surface area contributed by atoms with Crippen molar-refractivity contribution in [3.05, 3.63) is 23.8 Å². The predicted molar refractivity (Wildman–Crippen MR) is 51.5 cm³/mol. The molecule has 0 atom stereocenters. The summed E-state index contributed by atoms with van der Waals surface area (Å²) in [7, 11) is 1.61. The van der Waals surface area contributed by atoms with Crippen LogP contribution in [-0.2, 0) is 10.3 Å². The molecule has 2 rings (SSSR count). The van der Waals surface area contributed by atoms with Crippen LogP contribution in [0.5, 0.6) is 0 Å². The lowest BCUT2D eigenvalue weighted by molar-refractivity contribution is -0.0847. The van der Waals surface area contributed by atoms with Crippen LogP contribution in [-0.4, -0.2) is 28.2 Å². The minimum Gasteiger partial charge on any atom is -0.477 e. The van der Waals surface area contributed by atoms with Crippen molar-refractivity contribution in [2.45, 2.75) is 24.9 Å². The summed E-state index contributed by atoms with van der Waals surface area (Å²) >= 11 is 0. The summed E-state index contributed by atoms with van der Waals surface area (Å²) in [6, 6.07) is 1.38. The molecule has 1 saturated carbocycles. The minimum absolute atomic E-state index is 0.0170. The van der Waals surface area contributed by atoms with Crippen LogP contribution in [0.4, 0.5) is 0 Å². The number of aromatic carboxylic acids is 1. The van der Waals surface area contributed by atoms with Crippen LogP contribution in [0.1, 0.15) is 35.6 Å². The molecule has 1 heterocycles. The molecule has 0 saturated heterocycles. The fourth-order valence-electron chi connectivity index (χ4n) is 1.71. The van der Waals surface area contributed by atoms with E-state index in [4.69, 9.17) is 9.84 Å². The van der Waals surface area contributed by atoms with Crippen molar-refractivity contribution in [1.82, 2.24) is 9.97 Å². The number of carbonyl (C=O) groups is 1. The number of nitrogens with zero attached hydrogens (tertiary/aromatic N) is 2. The van der Waals surface area contributed by atoms with Gasteiger partial charge >= 0.3 is 5.97 Å². The Morgan fingerprint density at radius 1 is 1.60 bits per heavy atom. The molecular formula is C10H12N2O3. The van der Waals surface area contributed by atoms with Gasteiger partial charge in [0.25, 0.3) is 0 Å². The van der Waals surface area contributed by atoms with Crippen molar-refractivity contribution in [3.8, 4) is 0 Å². The second-order valence-corrected chi connectivity index (χ2v) is 3.62. The largest absolute Gasteiger partial charge is 0.477 e. The molecule has 5 nitrogen and oxygen atoms in total. The highest BCUT2D eigenvalue weighted by atomic mass is 16.5. The van der Waals surface area contributed by atoms with Crippen molar-refractivity contribution in [1.29, 1.82) is 0 Å². The van der Waals surface area contributed by atoms with Crippen molar-refractivity contribution in [2.24, 2.45) is 0 Å². The average Bonchev–Trinajstić information content (AvgIpc) is 2.17. The highest BCUT2D eigenvalue weighted by Crippen LogP contribution is 2.42. The van der Waals surface area contributed by atoms with Crippen LogP contribution < -0.4 is 0 Å². The first-order chi connectivity index (χ1) is 7.18. The van der Waals surface area contributed by atoms with E-state index in [1.807, 2.05) is 0 Å². The summed E-state index contributed by atoms with van der Waals surface area (Å²) < 4.78 is 5.38. The van der Waals surface area contributed by atoms with Gasteiger partial charge < -0.3 is 9.84 Å². The zero-order chi connectivity index (χ0) is 10.9. The molecule has 1 fully saturated rings. The van der Waals surface area contributed by atoms with Gasteiger partial charge in [-0.05, 0) is 25.3 Å². The quantitative estimate of drug-likeness (QED) is 0.808. The first kappa shape index (κ1) is 10.0. The maximum Gasteiger partial charge on any atom is 0.354 e. The van der Waals surface area contributed by atoms with E-state index < -0.39 is 11.6 Å². The highest BCUT2D eigenvalue weighted by Gasteiger charge is 2.41. The molecule has 1 N–H and O–H groups in total. The molecule has 1 aliphatic rings. The average molecular weight is 208 g/mol. The molecule has 0 bridgehead atoms. The first-order valence-corrected chi connectivity index (χ1v) is 4.80.